The van der Waals surface area contributed by atoms with Gasteiger partial charge in [-0.25, -0.2) is 10.0 Å². The van der Waals surface area contributed by atoms with Gasteiger partial charge < -0.3 is 0 Å². The molecule has 0 N–H and O–H groups in total. The quantitative estimate of drug-likeness (QED) is 0.677. The smallest absolute Gasteiger partial charge is 0.274 e. The first-order valence-corrected chi connectivity index (χ1v) is 4.64. The lowest BCUT2D eigenvalue weighted by atomic mass is 10.3. The van der Waals surface area contributed by atoms with Crippen molar-refractivity contribution in [2.75, 3.05) is 14.2 Å². The molecule has 1 amide bonds. The molecule has 4 nitrogen and oxygen atoms in total. The van der Waals surface area contributed by atoms with E-state index in [1.807, 2.05) is 13.8 Å². The molecule has 1 heterocycles. The van der Waals surface area contributed by atoms with E-state index in [1.165, 1.54) is 23.5 Å². The van der Waals surface area contributed by atoms with Crippen LogP contribution in [0, 0.1) is 13.8 Å². The Balaban J connectivity index is 2.94. The van der Waals surface area contributed by atoms with Crippen molar-refractivity contribution < 1.29 is 9.63 Å². The number of carbonyl (C=O) groups is 1. The molecule has 0 fully saturated rings. The summed E-state index contributed by atoms with van der Waals surface area (Å²) >= 11 is 1.51. The number of thiazole rings is 1. The summed E-state index contributed by atoms with van der Waals surface area (Å²) in [5.74, 6) is -0.204. The maximum Gasteiger partial charge on any atom is 0.296 e. The molecule has 0 saturated heterocycles. The zero-order valence-corrected chi connectivity index (χ0v) is 8.94. The van der Waals surface area contributed by atoms with Gasteiger partial charge in [0.05, 0.1) is 12.1 Å². The number of amides is 1. The van der Waals surface area contributed by atoms with Crippen LogP contribution in [0.25, 0.3) is 0 Å². The minimum atomic E-state index is -0.204. The number of rotatable bonds is 2. The van der Waals surface area contributed by atoms with E-state index in [4.69, 9.17) is 4.84 Å². The van der Waals surface area contributed by atoms with Gasteiger partial charge in [-0.15, -0.1) is 11.3 Å². The van der Waals surface area contributed by atoms with Crippen molar-refractivity contribution in [1.82, 2.24) is 10.0 Å². The van der Waals surface area contributed by atoms with E-state index in [0.717, 1.165) is 9.88 Å². The van der Waals surface area contributed by atoms with Crippen molar-refractivity contribution in [2.24, 2.45) is 0 Å². The van der Waals surface area contributed by atoms with Crippen LogP contribution in [0.5, 0.6) is 0 Å². The van der Waals surface area contributed by atoms with Crippen LogP contribution >= 0.6 is 11.3 Å². The van der Waals surface area contributed by atoms with Crippen molar-refractivity contribution in [2.45, 2.75) is 13.8 Å². The highest BCUT2D eigenvalue weighted by Crippen LogP contribution is 2.17. The molecule has 0 spiro atoms. The molecule has 5 heteroatoms. The molecule has 72 valence electrons. The van der Waals surface area contributed by atoms with E-state index in [2.05, 4.69) is 4.98 Å². The lowest BCUT2D eigenvalue weighted by molar-refractivity contribution is -0.0760. The average molecular weight is 200 g/mol. The van der Waals surface area contributed by atoms with Gasteiger partial charge in [0.15, 0.2) is 0 Å². The van der Waals surface area contributed by atoms with E-state index in [1.54, 1.807) is 7.05 Å². The van der Waals surface area contributed by atoms with Crippen molar-refractivity contribution in [3.8, 4) is 0 Å². The number of hydroxylamine groups is 2. The van der Waals surface area contributed by atoms with Crippen LogP contribution in [0.4, 0.5) is 0 Å². The predicted octanol–water partition coefficient (Wildman–Crippen LogP) is 1.39. The van der Waals surface area contributed by atoms with Gasteiger partial charge in [0, 0.05) is 11.9 Å². The Labute approximate surface area is 81.1 Å². The first kappa shape index (κ1) is 10.1. The number of hydrogen-bond acceptors (Lipinski definition) is 4. The van der Waals surface area contributed by atoms with E-state index in [9.17, 15) is 4.79 Å². The Morgan fingerprint density at radius 1 is 1.54 bits per heavy atom. The fourth-order valence-corrected chi connectivity index (χ4v) is 1.77. The topological polar surface area (TPSA) is 42.4 Å². The predicted molar refractivity (Wildman–Crippen MR) is 50.7 cm³/mol. The molecule has 0 saturated carbocycles. The monoisotopic (exact) mass is 200 g/mol. The van der Waals surface area contributed by atoms with E-state index in [0.29, 0.717) is 5.69 Å². The summed E-state index contributed by atoms with van der Waals surface area (Å²) in [7, 11) is 3.02. The van der Waals surface area contributed by atoms with E-state index in [-0.39, 0.29) is 5.91 Å². The third-order valence-electron chi connectivity index (χ3n) is 1.67. The fourth-order valence-electron chi connectivity index (χ4n) is 0.959. The normalized spacial score (nSPS) is 10.2. The first-order valence-electron chi connectivity index (χ1n) is 3.82. The number of nitrogens with zero attached hydrogens (tertiary/aromatic N) is 2. The van der Waals surface area contributed by atoms with Gasteiger partial charge in [0.1, 0.15) is 5.69 Å². The first-order chi connectivity index (χ1) is 6.06. The van der Waals surface area contributed by atoms with Crippen LogP contribution in [-0.2, 0) is 4.84 Å². The van der Waals surface area contributed by atoms with E-state index < -0.39 is 0 Å². The maximum atomic E-state index is 11.6. The summed E-state index contributed by atoms with van der Waals surface area (Å²) in [6.45, 7) is 3.75. The average Bonchev–Trinajstić information content (AvgIpc) is 2.42. The molecule has 0 aromatic carbocycles. The van der Waals surface area contributed by atoms with Gasteiger partial charge in [0.2, 0.25) is 0 Å². The highest BCUT2D eigenvalue weighted by Gasteiger charge is 2.17. The summed E-state index contributed by atoms with van der Waals surface area (Å²) in [5, 5.41) is 2.06. The maximum absolute atomic E-state index is 11.6. The van der Waals surface area contributed by atoms with Crippen LogP contribution in [0.3, 0.4) is 0 Å². The summed E-state index contributed by atoms with van der Waals surface area (Å²) in [5.41, 5.74) is 0.479. The molecule has 1 rings (SSSR count). The molecular weight excluding hydrogens is 188 g/mol. The number of aromatic nitrogens is 1. The summed E-state index contributed by atoms with van der Waals surface area (Å²) in [6.07, 6.45) is 0. The zero-order chi connectivity index (χ0) is 10.0. The third kappa shape index (κ3) is 2.05. The van der Waals surface area contributed by atoms with Gasteiger partial charge in [-0.05, 0) is 13.8 Å². The van der Waals surface area contributed by atoms with Crippen LogP contribution in [-0.4, -0.2) is 30.1 Å². The Kier molecular flexibility index (Phi) is 3.00. The van der Waals surface area contributed by atoms with Crippen LogP contribution < -0.4 is 0 Å². The van der Waals surface area contributed by atoms with Gasteiger partial charge in [-0.3, -0.25) is 9.63 Å². The summed E-state index contributed by atoms with van der Waals surface area (Å²) in [4.78, 5) is 21.4. The molecule has 1 aromatic heterocycles. The molecule has 0 bridgehead atoms. The molecule has 0 unspecified atom stereocenters. The van der Waals surface area contributed by atoms with Crippen molar-refractivity contribution in [1.29, 1.82) is 0 Å². The van der Waals surface area contributed by atoms with Crippen LogP contribution in [0.2, 0.25) is 0 Å². The standard InChI is InChI=1S/C8H12N2O2S/c1-5-7(9-6(2)13-5)8(11)10(3)12-4/h1-4H3. The third-order valence-corrected chi connectivity index (χ3v) is 2.55. The molecular formula is C8H12N2O2S. The van der Waals surface area contributed by atoms with Crippen molar-refractivity contribution in [3.63, 3.8) is 0 Å². The number of aryl methyl sites for hydroxylation is 2. The molecule has 13 heavy (non-hydrogen) atoms. The Bertz CT molecular complexity index is 322. The van der Waals surface area contributed by atoms with Gasteiger partial charge in [0.25, 0.3) is 5.91 Å². The fraction of sp³-hybridized carbons (Fsp3) is 0.500. The summed E-state index contributed by atoms with van der Waals surface area (Å²) < 4.78 is 0. The number of hydrogen-bond donors (Lipinski definition) is 0. The lowest BCUT2D eigenvalue weighted by Gasteiger charge is -2.11. The lowest BCUT2D eigenvalue weighted by Crippen LogP contribution is -2.26. The molecule has 0 aliphatic rings. The Hall–Kier alpha value is -0.940. The Morgan fingerprint density at radius 2 is 2.15 bits per heavy atom. The van der Waals surface area contributed by atoms with Crippen LogP contribution in [0.1, 0.15) is 20.4 Å². The van der Waals surface area contributed by atoms with E-state index >= 15 is 0 Å². The van der Waals surface area contributed by atoms with Crippen molar-refractivity contribution >= 4 is 17.2 Å². The SMILES string of the molecule is CON(C)C(=O)c1nc(C)sc1C. The highest BCUT2D eigenvalue weighted by atomic mass is 32.1. The second-order valence-electron chi connectivity index (χ2n) is 2.62. The largest absolute Gasteiger partial charge is 0.296 e. The molecule has 0 aliphatic carbocycles. The minimum Gasteiger partial charge on any atom is -0.274 e. The highest BCUT2D eigenvalue weighted by molar-refractivity contribution is 7.11. The Morgan fingerprint density at radius 3 is 2.54 bits per heavy atom. The second kappa shape index (κ2) is 3.85. The number of carbonyl (C=O) groups excluding carboxylic acids is 1. The molecule has 0 aliphatic heterocycles. The summed E-state index contributed by atoms with van der Waals surface area (Å²) in [6, 6.07) is 0. The van der Waals surface area contributed by atoms with Gasteiger partial charge in [-0.2, -0.15) is 0 Å². The van der Waals surface area contributed by atoms with Crippen molar-refractivity contribution in [3.05, 3.63) is 15.6 Å². The molecule has 0 radical (unpaired) electrons. The minimum absolute atomic E-state index is 0.204. The van der Waals surface area contributed by atoms with Gasteiger partial charge in [-0.1, -0.05) is 0 Å². The molecule has 0 atom stereocenters. The van der Waals surface area contributed by atoms with Crippen LogP contribution in [0.15, 0.2) is 0 Å². The zero-order valence-electron chi connectivity index (χ0n) is 8.12. The van der Waals surface area contributed by atoms with Gasteiger partial charge >= 0.3 is 0 Å². The second-order valence-corrected chi connectivity index (χ2v) is 4.03. The molecule has 1 aromatic rings.